The largest absolute Gasteiger partial charge is 0.494 e. The molecule has 1 saturated carbocycles. The normalized spacial score (nSPS) is 15.6. The van der Waals surface area contributed by atoms with Gasteiger partial charge < -0.3 is 9.84 Å². The molecule has 0 aliphatic heterocycles. The Bertz CT molecular complexity index is 567. The molecular weight excluding hydrogens is 278 g/mol. The molecule has 0 amide bonds. The summed E-state index contributed by atoms with van der Waals surface area (Å²) in [7, 11) is -3.54. The lowest BCUT2D eigenvalue weighted by molar-refractivity contribution is 0.250. The summed E-state index contributed by atoms with van der Waals surface area (Å²) in [6.07, 6.45) is 1.74. The molecule has 112 valence electrons. The Balaban J connectivity index is 2.30. The fourth-order valence-electron chi connectivity index (χ4n) is 2.20. The molecule has 0 radical (unpaired) electrons. The molecule has 0 spiro atoms. The van der Waals surface area contributed by atoms with Crippen molar-refractivity contribution in [2.24, 2.45) is 0 Å². The smallest absolute Gasteiger partial charge is 0.243 e. The predicted molar refractivity (Wildman–Crippen MR) is 76.3 cm³/mol. The Morgan fingerprint density at radius 3 is 2.60 bits per heavy atom. The lowest BCUT2D eigenvalue weighted by Crippen LogP contribution is -2.35. The number of ether oxygens (including phenoxy) is 1. The summed E-state index contributed by atoms with van der Waals surface area (Å²) in [5, 5.41) is 9.07. The van der Waals surface area contributed by atoms with Crippen LogP contribution >= 0.6 is 0 Å². The van der Waals surface area contributed by atoms with Crippen molar-refractivity contribution < 1.29 is 18.3 Å². The molecule has 1 aromatic carbocycles. The Morgan fingerprint density at radius 1 is 1.40 bits per heavy atom. The second-order valence-electron chi connectivity index (χ2n) is 4.93. The maximum Gasteiger partial charge on any atom is 0.243 e. The van der Waals surface area contributed by atoms with Gasteiger partial charge >= 0.3 is 0 Å². The standard InChI is InChI=1S/C14H21NO4S/c1-3-19-14-7-6-13(10-11(14)2)20(17,18)15(8-9-16)12-4-5-12/h6-7,10,12,16H,3-5,8-9H2,1-2H3. The third kappa shape index (κ3) is 3.13. The average molecular weight is 299 g/mol. The fraction of sp³-hybridized carbons (Fsp3) is 0.571. The highest BCUT2D eigenvalue weighted by Crippen LogP contribution is 2.32. The van der Waals surface area contributed by atoms with E-state index < -0.39 is 10.0 Å². The summed E-state index contributed by atoms with van der Waals surface area (Å²) >= 11 is 0. The van der Waals surface area contributed by atoms with Crippen LogP contribution in [0.5, 0.6) is 5.75 Å². The van der Waals surface area contributed by atoms with E-state index in [2.05, 4.69) is 0 Å². The molecular formula is C14H21NO4S. The van der Waals surface area contributed by atoms with E-state index in [9.17, 15) is 8.42 Å². The molecule has 0 saturated heterocycles. The highest BCUT2D eigenvalue weighted by atomic mass is 32.2. The first-order valence-electron chi connectivity index (χ1n) is 6.87. The fourth-order valence-corrected chi connectivity index (χ4v) is 3.96. The second kappa shape index (κ2) is 6.11. The van der Waals surface area contributed by atoms with E-state index in [1.54, 1.807) is 18.2 Å². The molecule has 1 N–H and O–H groups in total. The minimum atomic E-state index is -3.54. The van der Waals surface area contributed by atoms with Crippen LogP contribution in [0.1, 0.15) is 25.3 Å². The topological polar surface area (TPSA) is 66.8 Å². The molecule has 0 atom stereocenters. The van der Waals surface area contributed by atoms with Crippen molar-refractivity contribution >= 4 is 10.0 Å². The van der Waals surface area contributed by atoms with Crippen LogP contribution in [0.2, 0.25) is 0 Å². The second-order valence-corrected chi connectivity index (χ2v) is 6.82. The molecule has 6 heteroatoms. The van der Waals surface area contributed by atoms with Gasteiger partial charge in [-0.2, -0.15) is 4.31 Å². The van der Waals surface area contributed by atoms with Gasteiger partial charge in [-0.25, -0.2) is 8.42 Å². The van der Waals surface area contributed by atoms with Gasteiger partial charge in [-0.3, -0.25) is 0 Å². The first-order valence-corrected chi connectivity index (χ1v) is 8.31. The van der Waals surface area contributed by atoms with Crippen LogP contribution < -0.4 is 4.74 Å². The molecule has 1 aliphatic carbocycles. The Labute approximate surface area is 120 Å². The van der Waals surface area contributed by atoms with E-state index in [0.29, 0.717) is 12.4 Å². The van der Waals surface area contributed by atoms with E-state index >= 15 is 0 Å². The molecule has 1 aliphatic rings. The lowest BCUT2D eigenvalue weighted by atomic mass is 10.2. The number of hydrogen-bond donors (Lipinski definition) is 1. The number of nitrogens with zero attached hydrogens (tertiary/aromatic N) is 1. The lowest BCUT2D eigenvalue weighted by Gasteiger charge is -2.21. The number of rotatable bonds is 7. The zero-order valence-corrected chi connectivity index (χ0v) is 12.7. The molecule has 1 aromatic rings. The molecule has 20 heavy (non-hydrogen) atoms. The number of hydrogen-bond acceptors (Lipinski definition) is 4. The van der Waals surface area contributed by atoms with Gasteiger partial charge in [0.2, 0.25) is 10.0 Å². The Kier molecular flexibility index (Phi) is 4.67. The number of benzene rings is 1. The minimum absolute atomic E-state index is 0.0408. The maximum atomic E-state index is 12.6. The first-order chi connectivity index (χ1) is 9.50. The summed E-state index contributed by atoms with van der Waals surface area (Å²) in [6.45, 7) is 4.26. The number of aryl methyl sites for hydroxylation is 1. The van der Waals surface area contributed by atoms with Crippen LogP contribution in [-0.2, 0) is 10.0 Å². The number of aliphatic hydroxyl groups is 1. The SMILES string of the molecule is CCOc1ccc(S(=O)(=O)N(CCO)C2CC2)cc1C. The third-order valence-electron chi connectivity index (χ3n) is 3.33. The van der Waals surface area contributed by atoms with Gasteiger partial charge in [0.05, 0.1) is 18.1 Å². The minimum Gasteiger partial charge on any atom is -0.494 e. The van der Waals surface area contributed by atoms with E-state index in [1.807, 2.05) is 13.8 Å². The van der Waals surface area contributed by atoms with Gasteiger partial charge in [-0.05, 0) is 50.5 Å². The first kappa shape index (κ1) is 15.3. The van der Waals surface area contributed by atoms with Crippen molar-refractivity contribution in [2.75, 3.05) is 19.8 Å². The summed E-state index contributed by atoms with van der Waals surface area (Å²) < 4.78 is 32.0. The Hall–Kier alpha value is -1.11. The summed E-state index contributed by atoms with van der Waals surface area (Å²) in [5.41, 5.74) is 0.799. The molecule has 0 aromatic heterocycles. The van der Waals surface area contributed by atoms with E-state index in [4.69, 9.17) is 9.84 Å². The van der Waals surface area contributed by atoms with Gasteiger partial charge in [-0.15, -0.1) is 0 Å². The van der Waals surface area contributed by atoms with Crippen molar-refractivity contribution in [1.82, 2.24) is 4.31 Å². The van der Waals surface area contributed by atoms with E-state index in [1.165, 1.54) is 4.31 Å². The van der Waals surface area contributed by atoms with Gasteiger partial charge in [0.15, 0.2) is 0 Å². The van der Waals surface area contributed by atoms with Gasteiger partial charge in [0.25, 0.3) is 0 Å². The van der Waals surface area contributed by atoms with Crippen molar-refractivity contribution in [3.63, 3.8) is 0 Å². The maximum absolute atomic E-state index is 12.6. The van der Waals surface area contributed by atoms with Gasteiger partial charge in [-0.1, -0.05) is 0 Å². The van der Waals surface area contributed by atoms with Crippen molar-refractivity contribution in [1.29, 1.82) is 0 Å². The van der Waals surface area contributed by atoms with E-state index in [-0.39, 0.29) is 24.1 Å². The van der Waals surface area contributed by atoms with Crippen molar-refractivity contribution in [3.05, 3.63) is 23.8 Å². The van der Waals surface area contributed by atoms with Gasteiger partial charge in [0, 0.05) is 12.6 Å². The quantitative estimate of drug-likeness (QED) is 0.829. The molecule has 0 heterocycles. The zero-order valence-electron chi connectivity index (χ0n) is 11.9. The summed E-state index contributed by atoms with van der Waals surface area (Å²) in [6, 6.07) is 4.93. The highest BCUT2D eigenvalue weighted by Gasteiger charge is 2.37. The molecule has 0 unspecified atom stereocenters. The van der Waals surface area contributed by atoms with Crippen LogP contribution in [0.15, 0.2) is 23.1 Å². The Morgan fingerprint density at radius 2 is 2.10 bits per heavy atom. The third-order valence-corrected chi connectivity index (χ3v) is 5.28. The number of sulfonamides is 1. The average Bonchev–Trinajstić information content (AvgIpc) is 3.22. The summed E-state index contributed by atoms with van der Waals surface area (Å²) in [4.78, 5) is 0.263. The van der Waals surface area contributed by atoms with Crippen molar-refractivity contribution in [2.45, 2.75) is 37.6 Å². The van der Waals surface area contributed by atoms with Crippen LogP contribution in [0.25, 0.3) is 0 Å². The summed E-state index contributed by atoms with van der Waals surface area (Å²) in [5.74, 6) is 0.701. The molecule has 2 rings (SSSR count). The highest BCUT2D eigenvalue weighted by molar-refractivity contribution is 7.89. The monoisotopic (exact) mass is 299 g/mol. The van der Waals surface area contributed by atoms with Crippen LogP contribution in [0.3, 0.4) is 0 Å². The number of aliphatic hydroxyl groups excluding tert-OH is 1. The van der Waals surface area contributed by atoms with Crippen LogP contribution in [0, 0.1) is 6.92 Å². The molecule has 5 nitrogen and oxygen atoms in total. The van der Waals surface area contributed by atoms with E-state index in [0.717, 1.165) is 18.4 Å². The van der Waals surface area contributed by atoms with Crippen molar-refractivity contribution in [3.8, 4) is 5.75 Å². The van der Waals surface area contributed by atoms with Gasteiger partial charge in [0.1, 0.15) is 5.75 Å². The molecule has 1 fully saturated rings. The van der Waals surface area contributed by atoms with Crippen LogP contribution in [-0.4, -0.2) is 43.6 Å². The van der Waals surface area contributed by atoms with Crippen LogP contribution in [0.4, 0.5) is 0 Å². The zero-order chi connectivity index (χ0) is 14.8. The molecule has 0 bridgehead atoms. The predicted octanol–water partition coefficient (Wildman–Crippen LogP) is 1.54.